The summed E-state index contributed by atoms with van der Waals surface area (Å²) < 4.78 is 12.8. The van der Waals surface area contributed by atoms with E-state index in [2.05, 4.69) is 15.5 Å². The van der Waals surface area contributed by atoms with E-state index in [1.165, 1.54) is 0 Å². The van der Waals surface area contributed by atoms with Crippen LogP contribution in [0.4, 0.5) is 5.69 Å². The van der Waals surface area contributed by atoms with E-state index in [1.54, 1.807) is 13.2 Å². The molecule has 0 fully saturated rings. The van der Waals surface area contributed by atoms with E-state index in [0.29, 0.717) is 29.6 Å². The highest BCUT2D eigenvalue weighted by atomic mass is 16.5. The SMILES string of the molecule is CCc1nnc(-c2cn(CC(=O)Nc3cccc(OC)c3)c3ccccc23)o1. The van der Waals surface area contributed by atoms with Gasteiger partial charge < -0.3 is 19.0 Å². The molecule has 0 aliphatic rings. The fourth-order valence-electron chi connectivity index (χ4n) is 3.11. The zero-order chi connectivity index (χ0) is 19.5. The van der Waals surface area contributed by atoms with Gasteiger partial charge in [0.15, 0.2) is 0 Å². The Morgan fingerprint density at radius 3 is 2.82 bits per heavy atom. The van der Waals surface area contributed by atoms with Crippen molar-refractivity contribution in [2.24, 2.45) is 0 Å². The Morgan fingerprint density at radius 1 is 1.18 bits per heavy atom. The molecule has 2 heterocycles. The molecule has 28 heavy (non-hydrogen) atoms. The molecule has 0 radical (unpaired) electrons. The first kappa shape index (κ1) is 17.8. The molecule has 0 unspecified atom stereocenters. The van der Waals surface area contributed by atoms with Gasteiger partial charge in [-0.15, -0.1) is 10.2 Å². The summed E-state index contributed by atoms with van der Waals surface area (Å²) in [5.74, 6) is 1.59. The normalized spacial score (nSPS) is 10.9. The molecule has 0 saturated heterocycles. The Balaban J connectivity index is 1.62. The van der Waals surface area contributed by atoms with E-state index < -0.39 is 0 Å². The number of hydrogen-bond donors (Lipinski definition) is 1. The Bertz CT molecular complexity index is 1130. The second-order valence-corrected chi connectivity index (χ2v) is 6.32. The molecule has 2 aromatic carbocycles. The number of para-hydroxylation sites is 1. The molecule has 0 bridgehead atoms. The molecular weight excluding hydrogens is 356 g/mol. The molecule has 4 aromatic rings. The minimum atomic E-state index is -0.139. The van der Waals surface area contributed by atoms with E-state index in [0.717, 1.165) is 16.5 Å². The average Bonchev–Trinajstić information content (AvgIpc) is 3.33. The lowest BCUT2D eigenvalue weighted by Gasteiger charge is -2.08. The maximum absolute atomic E-state index is 12.6. The maximum Gasteiger partial charge on any atom is 0.249 e. The van der Waals surface area contributed by atoms with Gasteiger partial charge in [-0.3, -0.25) is 4.79 Å². The molecular formula is C21H20N4O3. The first-order chi connectivity index (χ1) is 13.7. The Hall–Kier alpha value is -3.61. The number of methoxy groups -OCH3 is 1. The molecule has 7 nitrogen and oxygen atoms in total. The van der Waals surface area contributed by atoms with Gasteiger partial charge in [0.25, 0.3) is 0 Å². The van der Waals surface area contributed by atoms with Crippen molar-refractivity contribution in [3.8, 4) is 17.2 Å². The van der Waals surface area contributed by atoms with Crippen molar-refractivity contribution in [1.82, 2.24) is 14.8 Å². The molecule has 7 heteroatoms. The van der Waals surface area contributed by atoms with Crippen molar-refractivity contribution in [2.75, 3.05) is 12.4 Å². The van der Waals surface area contributed by atoms with Crippen LogP contribution in [0, 0.1) is 0 Å². The number of benzene rings is 2. The minimum Gasteiger partial charge on any atom is -0.497 e. The van der Waals surface area contributed by atoms with Crippen LogP contribution in [0.5, 0.6) is 5.75 Å². The smallest absolute Gasteiger partial charge is 0.249 e. The van der Waals surface area contributed by atoms with Crippen molar-refractivity contribution < 1.29 is 13.9 Å². The van der Waals surface area contributed by atoms with Gasteiger partial charge in [0, 0.05) is 35.3 Å². The van der Waals surface area contributed by atoms with Gasteiger partial charge in [-0.25, -0.2) is 0 Å². The van der Waals surface area contributed by atoms with Gasteiger partial charge in [-0.2, -0.15) is 0 Å². The molecule has 0 aliphatic heterocycles. The van der Waals surface area contributed by atoms with Crippen molar-refractivity contribution in [3.63, 3.8) is 0 Å². The van der Waals surface area contributed by atoms with Crippen LogP contribution < -0.4 is 10.1 Å². The highest BCUT2D eigenvalue weighted by molar-refractivity contribution is 5.96. The van der Waals surface area contributed by atoms with Crippen molar-refractivity contribution >= 4 is 22.5 Å². The lowest BCUT2D eigenvalue weighted by Crippen LogP contribution is -2.18. The van der Waals surface area contributed by atoms with Crippen LogP contribution >= 0.6 is 0 Å². The van der Waals surface area contributed by atoms with Crippen LogP contribution in [-0.4, -0.2) is 27.8 Å². The van der Waals surface area contributed by atoms with E-state index in [9.17, 15) is 4.79 Å². The standard InChI is InChI=1S/C21H20N4O3/c1-3-20-23-24-21(28-20)17-12-25(18-10-5-4-9-16(17)18)13-19(26)22-14-7-6-8-15(11-14)27-2/h4-12H,3,13H2,1-2H3,(H,22,26). The predicted octanol–water partition coefficient (Wildman–Crippen LogP) is 3.90. The Morgan fingerprint density at radius 2 is 2.04 bits per heavy atom. The molecule has 1 N–H and O–H groups in total. The molecule has 4 rings (SSSR count). The molecule has 0 aliphatic carbocycles. The van der Waals surface area contributed by atoms with E-state index in [4.69, 9.17) is 9.15 Å². The van der Waals surface area contributed by atoms with Gasteiger partial charge in [-0.05, 0) is 18.2 Å². The summed E-state index contributed by atoms with van der Waals surface area (Å²) in [5, 5.41) is 12.0. The number of aromatic nitrogens is 3. The van der Waals surface area contributed by atoms with Gasteiger partial charge in [0.2, 0.25) is 17.7 Å². The summed E-state index contributed by atoms with van der Waals surface area (Å²) in [6.07, 6.45) is 2.55. The molecule has 1 amide bonds. The number of ether oxygens (including phenoxy) is 1. The zero-order valence-electron chi connectivity index (χ0n) is 15.7. The van der Waals surface area contributed by atoms with Crippen LogP contribution in [0.15, 0.2) is 59.1 Å². The van der Waals surface area contributed by atoms with E-state index >= 15 is 0 Å². The lowest BCUT2D eigenvalue weighted by atomic mass is 10.2. The van der Waals surface area contributed by atoms with Crippen LogP contribution in [-0.2, 0) is 17.8 Å². The second kappa shape index (κ2) is 7.56. The summed E-state index contributed by atoms with van der Waals surface area (Å²) in [6.45, 7) is 2.12. The number of carbonyl (C=O) groups is 1. The Kier molecular flexibility index (Phi) is 4.80. The summed E-state index contributed by atoms with van der Waals surface area (Å²) >= 11 is 0. The highest BCUT2D eigenvalue weighted by Gasteiger charge is 2.16. The van der Waals surface area contributed by atoms with E-state index in [-0.39, 0.29) is 12.5 Å². The number of aryl methyl sites for hydroxylation is 1. The largest absolute Gasteiger partial charge is 0.497 e. The fraction of sp³-hybridized carbons (Fsp3) is 0.190. The van der Waals surface area contributed by atoms with Gasteiger partial charge in [-0.1, -0.05) is 31.2 Å². The number of carbonyl (C=O) groups excluding carboxylic acids is 1. The summed E-state index contributed by atoms with van der Waals surface area (Å²) in [6, 6.07) is 15.1. The number of amides is 1. The quantitative estimate of drug-likeness (QED) is 0.552. The summed E-state index contributed by atoms with van der Waals surface area (Å²) in [4.78, 5) is 12.6. The van der Waals surface area contributed by atoms with Crippen molar-refractivity contribution in [1.29, 1.82) is 0 Å². The van der Waals surface area contributed by atoms with Crippen LogP contribution in [0.2, 0.25) is 0 Å². The monoisotopic (exact) mass is 376 g/mol. The molecule has 0 saturated carbocycles. The van der Waals surface area contributed by atoms with Crippen molar-refractivity contribution in [3.05, 3.63) is 60.6 Å². The number of nitrogens with zero attached hydrogens (tertiary/aromatic N) is 3. The number of anilines is 1. The van der Waals surface area contributed by atoms with Crippen LogP contribution in [0.3, 0.4) is 0 Å². The van der Waals surface area contributed by atoms with Gasteiger partial charge >= 0.3 is 0 Å². The third-order valence-electron chi connectivity index (χ3n) is 4.46. The number of nitrogens with one attached hydrogen (secondary N) is 1. The molecule has 142 valence electrons. The molecule has 0 spiro atoms. The second-order valence-electron chi connectivity index (χ2n) is 6.32. The summed E-state index contributed by atoms with van der Waals surface area (Å²) in [5.41, 5.74) is 2.43. The number of rotatable bonds is 6. The minimum absolute atomic E-state index is 0.139. The summed E-state index contributed by atoms with van der Waals surface area (Å²) in [7, 11) is 1.59. The van der Waals surface area contributed by atoms with Crippen LogP contribution in [0.1, 0.15) is 12.8 Å². The average molecular weight is 376 g/mol. The van der Waals surface area contributed by atoms with E-state index in [1.807, 2.05) is 60.2 Å². The van der Waals surface area contributed by atoms with Crippen LogP contribution in [0.25, 0.3) is 22.4 Å². The maximum atomic E-state index is 12.6. The predicted molar refractivity (Wildman–Crippen MR) is 106 cm³/mol. The third kappa shape index (κ3) is 3.46. The first-order valence-electron chi connectivity index (χ1n) is 9.02. The van der Waals surface area contributed by atoms with Gasteiger partial charge in [0.05, 0.1) is 12.7 Å². The topological polar surface area (TPSA) is 82.2 Å². The highest BCUT2D eigenvalue weighted by Crippen LogP contribution is 2.30. The third-order valence-corrected chi connectivity index (χ3v) is 4.46. The fourth-order valence-corrected chi connectivity index (χ4v) is 3.11. The zero-order valence-corrected chi connectivity index (χ0v) is 15.7. The van der Waals surface area contributed by atoms with Gasteiger partial charge in [0.1, 0.15) is 12.3 Å². The Labute approximate surface area is 161 Å². The van der Waals surface area contributed by atoms with Crippen molar-refractivity contribution in [2.45, 2.75) is 19.9 Å². The molecule has 0 atom stereocenters. The number of fused-ring (bicyclic) bond motifs is 1. The molecule has 2 aromatic heterocycles. The number of hydrogen-bond acceptors (Lipinski definition) is 5. The first-order valence-corrected chi connectivity index (χ1v) is 9.02. The lowest BCUT2D eigenvalue weighted by molar-refractivity contribution is -0.116.